The summed E-state index contributed by atoms with van der Waals surface area (Å²) < 4.78 is 71.0. The van der Waals surface area contributed by atoms with Gasteiger partial charge in [-0.15, -0.1) is 0 Å². The molecule has 3 atom stereocenters. The SMILES string of the molecule is C[C@@H]1Cc2c([nH]c3ccccc23)[C@@H](c2ncc(OC(F)F)cc2N[C@H]2CCN(CCCF)C2)N1CC(F)F. The van der Waals surface area contributed by atoms with Crippen LogP contribution < -0.4 is 10.1 Å². The van der Waals surface area contributed by atoms with E-state index in [2.05, 4.69) is 24.9 Å². The molecule has 0 amide bonds. The zero-order chi connectivity index (χ0) is 26.8. The van der Waals surface area contributed by atoms with Gasteiger partial charge in [-0.2, -0.15) is 8.78 Å². The molecule has 0 unspecified atom stereocenters. The number of hydrogen-bond acceptors (Lipinski definition) is 5. The topological polar surface area (TPSA) is 56.4 Å². The Morgan fingerprint density at radius 1 is 1.21 bits per heavy atom. The van der Waals surface area contributed by atoms with E-state index in [0.29, 0.717) is 37.3 Å². The van der Waals surface area contributed by atoms with E-state index in [4.69, 9.17) is 0 Å². The molecule has 1 fully saturated rings. The maximum absolute atomic E-state index is 13.8. The van der Waals surface area contributed by atoms with Gasteiger partial charge in [0.25, 0.3) is 6.43 Å². The van der Waals surface area contributed by atoms with E-state index in [9.17, 15) is 22.0 Å². The zero-order valence-corrected chi connectivity index (χ0v) is 21.1. The Bertz CT molecular complexity index is 1240. The number of benzene rings is 1. The van der Waals surface area contributed by atoms with Crippen molar-refractivity contribution in [1.29, 1.82) is 0 Å². The first-order chi connectivity index (χ1) is 18.3. The molecule has 4 heterocycles. The third-order valence-electron chi connectivity index (χ3n) is 7.48. The van der Waals surface area contributed by atoms with E-state index in [1.165, 1.54) is 12.3 Å². The van der Waals surface area contributed by atoms with Gasteiger partial charge in [-0.3, -0.25) is 14.3 Å². The van der Waals surface area contributed by atoms with Crippen LogP contribution in [-0.4, -0.2) is 77.7 Å². The van der Waals surface area contributed by atoms with Crippen molar-refractivity contribution in [3.8, 4) is 5.75 Å². The van der Waals surface area contributed by atoms with Crippen molar-refractivity contribution in [2.24, 2.45) is 0 Å². The van der Waals surface area contributed by atoms with Crippen LogP contribution in [0.1, 0.15) is 42.8 Å². The molecule has 5 rings (SSSR count). The van der Waals surface area contributed by atoms with Gasteiger partial charge in [-0.1, -0.05) is 18.2 Å². The standard InChI is InChI=1S/C27H32F5N5O/c1-16-11-20-19-5-2-3-6-21(19)35-24(20)26(37(16)15-23(29)30)25-22(12-18(13-33-25)38-27(31)32)34-17-7-10-36(14-17)9-4-8-28/h2-3,5-6,12-13,16-17,23,26-27,34-35H,4,7-11,14-15H2,1H3/t16-,17+,26+/m1/s1. The molecule has 1 aromatic carbocycles. The number of likely N-dealkylation sites (tertiary alicyclic amines) is 1. The van der Waals surface area contributed by atoms with Crippen molar-refractivity contribution in [3.05, 3.63) is 53.5 Å². The number of fused-ring (bicyclic) bond motifs is 3. The van der Waals surface area contributed by atoms with Crippen LogP contribution in [0.2, 0.25) is 0 Å². The van der Waals surface area contributed by atoms with Gasteiger partial charge < -0.3 is 19.9 Å². The van der Waals surface area contributed by atoms with Gasteiger partial charge in [0, 0.05) is 54.4 Å². The van der Waals surface area contributed by atoms with Crippen LogP contribution >= 0.6 is 0 Å². The summed E-state index contributed by atoms with van der Waals surface area (Å²) in [5.74, 6) is -0.111. The molecule has 0 bridgehead atoms. The van der Waals surface area contributed by atoms with Gasteiger partial charge in [0.2, 0.25) is 0 Å². The van der Waals surface area contributed by atoms with Gasteiger partial charge in [0.1, 0.15) is 5.75 Å². The van der Waals surface area contributed by atoms with Gasteiger partial charge in [0.15, 0.2) is 0 Å². The minimum atomic E-state index is -3.02. The molecule has 2 aliphatic heterocycles. The Kier molecular flexibility index (Phi) is 8.04. The third-order valence-corrected chi connectivity index (χ3v) is 7.48. The smallest absolute Gasteiger partial charge is 0.387 e. The lowest BCUT2D eigenvalue weighted by Crippen LogP contribution is -2.45. The van der Waals surface area contributed by atoms with Crippen molar-refractivity contribution < 1.29 is 26.7 Å². The highest BCUT2D eigenvalue weighted by molar-refractivity contribution is 5.85. The fraction of sp³-hybridized carbons (Fsp3) is 0.519. The molecule has 1 saturated heterocycles. The van der Waals surface area contributed by atoms with Crippen LogP contribution in [0.4, 0.5) is 27.6 Å². The predicted molar refractivity (Wildman–Crippen MR) is 136 cm³/mol. The second-order valence-corrected chi connectivity index (χ2v) is 10.1. The van der Waals surface area contributed by atoms with Gasteiger partial charge >= 0.3 is 6.61 Å². The summed E-state index contributed by atoms with van der Waals surface area (Å²) in [4.78, 5) is 11.8. The number of alkyl halides is 5. The first kappa shape index (κ1) is 26.7. The van der Waals surface area contributed by atoms with Gasteiger partial charge in [-0.25, -0.2) is 8.78 Å². The number of anilines is 1. The number of hydrogen-bond donors (Lipinski definition) is 2. The molecule has 0 saturated carbocycles. The molecule has 0 radical (unpaired) electrons. The maximum Gasteiger partial charge on any atom is 0.387 e. The number of H-pyrrole nitrogens is 1. The average Bonchev–Trinajstić information content (AvgIpc) is 3.47. The fourth-order valence-corrected chi connectivity index (χ4v) is 5.86. The highest BCUT2D eigenvalue weighted by Gasteiger charge is 2.39. The van der Waals surface area contributed by atoms with E-state index in [1.54, 1.807) is 4.90 Å². The lowest BCUT2D eigenvalue weighted by molar-refractivity contribution is -0.0500. The molecule has 38 heavy (non-hydrogen) atoms. The van der Waals surface area contributed by atoms with E-state index in [0.717, 1.165) is 35.1 Å². The van der Waals surface area contributed by atoms with E-state index in [-0.39, 0.29) is 24.5 Å². The molecule has 206 valence electrons. The summed E-state index contributed by atoms with van der Waals surface area (Å²) in [6.45, 7) is 0.107. The monoisotopic (exact) mass is 537 g/mol. The van der Waals surface area contributed by atoms with Crippen molar-refractivity contribution in [3.63, 3.8) is 0 Å². The summed E-state index contributed by atoms with van der Waals surface area (Å²) in [5, 5.41) is 4.46. The first-order valence-corrected chi connectivity index (χ1v) is 13.0. The van der Waals surface area contributed by atoms with Crippen LogP contribution in [-0.2, 0) is 6.42 Å². The zero-order valence-electron chi connectivity index (χ0n) is 21.1. The van der Waals surface area contributed by atoms with Crippen molar-refractivity contribution in [2.45, 2.75) is 57.3 Å². The van der Waals surface area contributed by atoms with E-state index in [1.807, 2.05) is 31.2 Å². The second-order valence-electron chi connectivity index (χ2n) is 10.1. The molecular weight excluding hydrogens is 505 g/mol. The molecule has 3 aromatic rings. The predicted octanol–water partition coefficient (Wildman–Crippen LogP) is 5.61. The molecule has 11 heteroatoms. The van der Waals surface area contributed by atoms with Crippen molar-refractivity contribution in [2.75, 3.05) is 38.2 Å². The lowest BCUT2D eigenvalue weighted by Gasteiger charge is -2.41. The molecule has 2 aromatic heterocycles. The van der Waals surface area contributed by atoms with E-state index >= 15 is 0 Å². The largest absolute Gasteiger partial charge is 0.433 e. The third kappa shape index (κ3) is 5.58. The highest BCUT2D eigenvalue weighted by Crippen LogP contribution is 2.43. The Morgan fingerprint density at radius 3 is 2.79 bits per heavy atom. The Balaban J connectivity index is 1.57. The number of halogens is 5. The van der Waals surface area contributed by atoms with Crippen LogP contribution in [0.5, 0.6) is 5.75 Å². The van der Waals surface area contributed by atoms with Crippen molar-refractivity contribution >= 4 is 16.6 Å². The summed E-state index contributed by atoms with van der Waals surface area (Å²) in [6.07, 6.45) is 0.456. The first-order valence-electron chi connectivity index (χ1n) is 13.0. The summed E-state index contributed by atoms with van der Waals surface area (Å²) in [6, 6.07) is 8.38. The Labute approximate surface area is 218 Å². The lowest BCUT2D eigenvalue weighted by atomic mass is 9.90. The fourth-order valence-electron chi connectivity index (χ4n) is 5.86. The molecule has 2 N–H and O–H groups in total. The molecule has 0 spiro atoms. The van der Waals surface area contributed by atoms with Crippen LogP contribution in [0, 0.1) is 0 Å². The normalized spacial score (nSPS) is 22.5. The molecule has 6 nitrogen and oxygen atoms in total. The number of nitrogens with one attached hydrogen (secondary N) is 2. The molecular formula is C27H32F5N5O. The summed E-state index contributed by atoms with van der Waals surface area (Å²) >= 11 is 0. The van der Waals surface area contributed by atoms with Crippen LogP contribution in [0.25, 0.3) is 10.9 Å². The number of nitrogens with zero attached hydrogens (tertiary/aromatic N) is 3. The Morgan fingerprint density at radius 2 is 2.03 bits per heavy atom. The second kappa shape index (κ2) is 11.4. The quantitative estimate of drug-likeness (QED) is 0.329. The van der Waals surface area contributed by atoms with Gasteiger partial charge in [-0.05, 0) is 37.8 Å². The number of aromatic amines is 1. The van der Waals surface area contributed by atoms with Crippen LogP contribution in [0.3, 0.4) is 0 Å². The summed E-state index contributed by atoms with van der Waals surface area (Å²) in [5.41, 5.74) is 3.65. The number of pyridine rings is 1. The van der Waals surface area contributed by atoms with Crippen LogP contribution in [0.15, 0.2) is 36.5 Å². The molecule has 2 aliphatic rings. The Hall–Kier alpha value is -2.92. The van der Waals surface area contributed by atoms with Gasteiger partial charge in [0.05, 0.1) is 36.8 Å². The minimum Gasteiger partial charge on any atom is -0.433 e. The highest BCUT2D eigenvalue weighted by atomic mass is 19.3. The van der Waals surface area contributed by atoms with E-state index < -0.39 is 25.6 Å². The average molecular weight is 538 g/mol. The number of para-hydroxylation sites is 1. The number of rotatable bonds is 10. The van der Waals surface area contributed by atoms with Crippen molar-refractivity contribution in [1.82, 2.24) is 19.8 Å². The molecule has 0 aliphatic carbocycles. The minimum absolute atomic E-state index is 0.0382. The summed E-state index contributed by atoms with van der Waals surface area (Å²) in [7, 11) is 0. The number of ether oxygens (including phenoxy) is 1. The number of aromatic nitrogens is 2. The maximum atomic E-state index is 13.8.